The van der Waals surface area contributed by atoms with Gasteiger partial charge in [-0.3, -0.25) is 14.9 Å². The van der Waals surface area contributed by atoms with E-state index in [9.17, 15) is 9.59 Å². The van der Waals surface area contributed by atoms with Crippen molar-refractivity contribution in [3.8, 4) is 5.75 Å². The fourth-order valence-electron chi connectivity index (χ4n) is 2.36. The van der Waals surface area contributed by atoms with E-state index in [1.165, 1.54) is 4.90 Å². The summed E-state index contributed by atoms with van der Waals surface area (Å²) in [5.41, 5.74) is 1.31. The number of amides is 2. The van der Waals surface area contributed by atoms with Crippen molar-refractivity contribution in [1.82, 2.24) is 10.2 Å². The molecule has 0 aliphatic heterocycles. The zero-order chi connectivity index (χ0) is 20.5. The largest absolute Gasteiger partial charge is 0.490 e. The van der Waals surface area contributed by atoms with Gasteiger partial charge in [0.05, 0.1) is 23.4 Å². The number of rotatable bonds is 7. The molecule has 0 bridgehead atoms. The second-order valence-corrected chi connectivity index (χ2v) is 6.40. The highest BCUT2D eigenvalue weighted by Gasteiger charge is 2.16. The van der Waals surface area contributed by atoms with Crippen LogP contribution in [0, 0.1) is 0 Å². The molecule has 0 fully saturated rings. The van der Waals surface area contributed by atoms with Crippen LogP contribution in [0.2, 0.25) is 0 Å². The zero-order valence-electron chi connectivity index (χ0n) is 16.0. The normalized spacial score (nSPS) is 10.1. The van der Waals surface area contributed by atoms with E-state index in [4.69, 9.17) is 21.7 Å². The highest BCUT2D eigenvalue weighted by molar-refractivity contribution is 7.80. The number of benzene rings is 2. The average Bonchev–Trinajstić information content (AvgIpc) is 2.68. The molecule has 0 aliphatic rings. The molecular weight excluding hydrogens is 378 g/mol. The first-order valence-corrected chi connectivity index (χ1v) is 8.98. The Hall–Kier alpha value is -2.97. The second kappa shape index (κ2) is 10.4. The third kappa shape index (κ3) is 5.77. The standard InChI is InChI=1S/C20H23N3O4S/c1-23(2)19(25)14-8-4-6-10-16(14)21-20(28)22-18(24)15-9-5-7-11-17(15)27-13-12-26-3/h4-11H,12-13H2,1-3H3,(H2,21,22,24,28). The number of carbonyl (C=O) groups excluding carboxylic acids is 2. The van der Waals surface area contributed by atoms with E-state index in [1.54, 1.807) is 69.7 Å². The third-order valence-corrected chi connectivity index (χ3v) is 3.92. The fraction of sp³-hybridized carbons (Fsp3) is 0.250. The molecular formula is C20H23N3O4S. The maximum atomic E-state index is 12.6. The number of para-hydroxylation sites is 2. The van der Waals surface area contributed by atoms with Crippen LogP contribution in [0.5, 0.6) is 5.75 Å². The summed E-state index contributed by atoms with van der Waals surface area (Å²) < 4.78 is 10.5. The van der Waals surface area contributed by atoms with Gasteiger partial charge in [-0.15, -0.1) is 0 Å². The topological polar surface area (TPSA) is 79.9 Å². The van der Waals surface area contributed by atoms with Crippen molar-refractivity contribution in [2.24, 2.45) is 0 Å². The fourth-order valence-corrected chi connectivity index (χ4v) is 2.56. The van der Waals surface area contributed by atoms with Gasteiger partial charge in [-0.1, -0.05) is 24.3 Å². The van der Waals surface area contributed by atoms with Gasteiger partial charge in [0.25, 0.3) is 11.8 Å². The molecule has 0 atom stereocenters. The van der Waals surface area contributed by atoms with Crippen LogP contribution in [-0.2, 0) is 4.74 Å². The van der Waals surface area contributed by atoms with E-state index >= 15 is 0 Å². The van der Waals surface area contributed by atoms with E-state index in [2.05, 4.69) is 10.6 Å². The van der Waals surface area contributed by atoms with Crippen molar-refractivity contribution in [2.75, 3.05) is 39.7 Å². The SMILES string of the molecule is COCCOc1ccccc1C(=O)NC(=S)Nc1ccccc1C(=O)N(C)C. The summed E-state index contributed by atoms with van der Waals surface area (Å²) in [5.74, 6) is -0.154. The number of nitrogens with one attached hydrogen (secondary N) is 2. The number of anilines is 1. The summed E-state index contributed by atoms with van der Waals surface area (Å²) in [6, 6.07) is 13.8. The first-order chi connectivity index (χ1) is 13.4. The van der Waals surface area contributed by atoms with Crippen molar-refractivity contribution in [3.63, 3.8) is 0 Å². The molecule has 7 nitrogen and oxygen atoms in total. The number of carbonyl (C=O) groups is 2. The van der Waals surface area contributed by atoms with Crippen LogP contribution in [-0.4, -0.2) is 56.2 Å². The molecule has 0 unspecified atom stereocenters. The predicted octanol–water partition coefficient (Wildman–Crippen LogP) is 2.54. The summed E-state index contributed by atoms with van der Waals surface area (Å²) in [5, 5.41) is 5.61. The Labute approximate surface area is 169 Å². The van der Waals surface area contributed by atoms with Crippen LogP contribution >= 0.6 is 12.2 Å². The van der Waals surface area contributed by atoms with Crippen LogP contribution in [0.15, 0.2) is 48.5 Å². The van der Waals surface area contributed by atoms with Crippen molar-refractivity contribution >= 4 is 34.8 Å². The summed E-state index contributed by atoms with van der Waals surface area (Å²) in [4.78, 5) is 26.4. The first-order valence-electron chi connectivity index (χ1n) is 8.57. The Kier molecular flexibility index (Phi) is 7.91. The molecule has 2 aromatic rings. The van der Waals surface area contributed by atoms with Crippen molar-refractivity contribution in [2.45, 2.75) is 0 Å². The molecule has 0 aromatic heterocycles. The lowest BCUT2D eigenvalue weighted by Gasteiger charge is -2.16. The van der Waals surface area contributed by atoms with E-state index in [-0.39, 0.29) is 11.0 Å². The van der Waals surface area contributed by atoms with Gasteiger partial charge in [0.15, 0.2) is 5.11 Å². The lowest BCUT2D eigenvalue weighted by Crippen LogP contribution is -2.35. The molecule has 8 heteroatoms. The maximum Gasteiger partial charge on any atom is 0.261 e. The Morgan fingerprint density at radius 1 is 1.00 bits per heavy atom. The van der Waals surface area contributed by atoms with Crippen LogP contribution in [0.1, 0.15) is 20.7 Å². The van der Waals surface area contributed by atoms with Crippen LogP contribution < -0.4 is 15.4 Å². The van der Waals surface area contributed by atoms with Crippen molar-refractivity contribution < 1.29 is 19.1 Å². The first kappa shape index (κ1) is 21.3. The van der Waals surface area contributed by atoms with E-state index in [0.717, 1.165) is 0 Å². The molecule has 2 amide bonds. The molecule has 148 valence electrons. The lowest BCUT2D eigenvalue weighted by atomic mass is 10.1. The van der Waals surface area contributed by atoms with Crippen molar-refractivity contribution in [1.29, 1.82) is 0 Å². The van der Waals surface area contributed by atoms with Gasteiger partial charge in [-0.05, 0) is 36.5 Å². The number of hydrogen-bond acceptors (Lipinski definition) is 5. The summed E-state index contributed by atoms with van der Waals surface area (Å²) >= 11 is 5.24. The molecule has 0 heterocycles. The number of nitrogens with zero attached hydrogens (tertiary/aromatic N) is 1. The minimum atomic E-state index is -0.415. The minimum absolute atomic E-state index is 0.0794. The van der Waals surface area contributed by atoms with E-state index < -0.39 is 5.91 Å². The van der Waals surface area contributed by atoms with Gasteiger partial charge >= 0.3 is 0 Å². The molecule has 0 saturated heterocycles. The maximum absolute atomic E-state index is 12.6. The van der Waals surface area contributed by atoms with Gasteiger partial charge in [0.2, 0.25) is 0 Å². The zero-order valence-corrected chi connectivity index (χ0v) is 16.8. The van der Waals surface area contributed by atoms with E-state index in [1.807, 2.05) is 0 Å². The number of methoxy groups -OCH3 is 1. The Bertz CT molecular complexity index is 855. The van der Waals surface area contributed by atoms with Gasteiger partial charge in [-0.25, -0.2) is 0 Å². The molecule has 0 spiro atoms. The molecule has 28 heavy (non-hydrogen) atoms. The molecule has 2 N–H and O–H groups in total. The van der Waals surface area contributed by atoms with E-state index in [0.29, 0.717) is 35.8 Å². The van der Waals surface area contributed by atoms with Crippen LogP contribution in [0.4, 0.5) is 5.69 Å². The highest BCUT2D eigenvalue weighted by atomic mass is 32.1. The average molecular weight is 401 g/mol. The summed E-state index contributed by atoms with van der Waals surface area (Å²) in [6.07, 6.45) is 0. The predicted molar refractivity (Wildman–Crippen MR) is 112 cm³/mol. The second-order valence-electron chi connectivity index (χ2n) is 5.99. The quantitative estimate of drug-likeness (QED) is 0.548. The third-order valence-electron chi connectivity index (χ3n) is 3.72. The molecule has 2 rings (SSSR count). The number of thiocarbonyl (C=S) groups is 1. The lowest BCUT2D eigenvalue weighted by molar-refractivity contribution is 0.0828. The van der Waals surface area contributed by atoms with Gasteiger partial charge in [0.1, 0.15) is 12.4 Å². The Balaban J connectivity index is 2.09. The molecule has 0 aliphatic carbocycles. The number of ether oxygens (including phenoxy) is 2. The molecule has 2 aromatic carbocycles. The highest BCUT2D eigenvalue weighted by Crippen LogP contribution is 2.19. The minimum Gasteiger partial charge on any atom is -0.490 e. The van der Waals surface area contributed by atoms with Crippen molar-refractivity contribution in [3.05, 3.63) is 59.7 Å². The Morgan fingerprint density at radius 3 is 2.32 bits per heavy atom. The summed E-state index contributed by atoms with van der Waals surface area (Å²) in [6.45, 7) is 0.732. The molecule has 0 radical (unpaired) electrons. The van der Waals surface area contributed by atoms with Gasteiger partial charge in [0, 0.05) is 21.2 Å². The van der Waals surface area contributed by atoms with Gasteiger partial charge < -0.3 is 19.7 Å². The number of hydrogen-bond donors (Lipinski definition) is 2. The van der Waals surface area contributed by atoms with Gasteiger partial charge in [-0.2, -0.15) is 0 Å². The van der Waals surface area contributed by atoms with Crippen LogP contribution in [0.3, 0.4) is 0 Å². The Morgan fingerprint density at radius 2 is 1.64 bits per heavy atom. The van der Waals surface area contributed by atoms with Crippen LogP contribution in [0.25, 0.3) is 0 Å². The summed E-state index contributed by atoms with van der Waals surface area (Å²) in [7, 11) is 4.91. The molecule has 0 saturated carbocycles. The smallest absolute Gasteiger partial charge is 0.261 e. The monoisotopic (exact) mass is 401 g/mol.